The highest BCUT2D eigenvalue weighted by atomic mass is 32.1. The minimum absolute atomic E-state index is 0.0792. The first-order valence-corrected chi connectivity index (χ1v) is 9.57. The van der Waals surface area contributed by atoms with Crippen LogP contribution in [0.15, 0.2) is 29.0 Å². The molecule has 3 aromatic rings. The molecular formula is C18H19N3OS2. The third-order valence-corrected chi connectivity index (χ3v) is 5.45. The second-order valence-corrected chi connectivity index (χ2v) is 7.47. The predicted octanol–water partition coefficient (Wildman–Crippen LogP) is 4.63. The van der Waals surface area contributed by atoms with Gasteiger partial charge in [0, 0.05) is 16.3 Å². The molecule has 124 valence electrons. The van der Waals surface area contributed by atoms with E-state index >= 15 is 0 Å². The Kier molecular flexibility index (Phi) is 5.06. The standard InChI is InChI=1S/C18H19N3OS2/c1-4-17-19-13(9-23-17)8-16(22)21-18-20-15(10-24-18)14-6-5-11(2)7-12(14)3/h5-7,9-10H,4,8H2,1-3H3,(H,20,21,22). The van der Waals surface area contributed by atoms with E-state index in [1.807, 2.05) is 10.8 Å². The highest BCUT2D eigenvalue weighted by molar-refractivity contribution is 7.14. The molecule has 1 aromatic carbocycles. The first-order valence-electron chi connectivity index (χ1n) is 7.81. The molecule has 0 aliphatic heterocycles. The number of carbonyl (C=O) groups is 1. The molecule has 0 saturated heterocycles. The maximum atomic E-state index is 12.2. The van der Waals surface area contributed by atoms with Crippen molar-refractivity contribution in [2.75, 3.05) is 5.32 Å². The summed E-state index contributed by atoms with van der Waals surface area (Å²) in [6.07, 6.45) is 1.19. The summed E-state index contributed by atoms with van der Waals surface area (Å²) in [5, 5.41) is 8.48. The van der Waals surface area contributed by atoms with Crippen LogP contribution in [-0.2, 0) is 17.6 Å². The van der Waals surface area contributed by atoms with E-state index in [-0.39, 0.29) is 12.3 Å². The molecule has 0 aliphatic rings. The Bertz CT molecular complexity index is 867. The molecule has 24 heavy (non-hydrogen) atoms. The Labute approximate surface area is 149 Å². The molecular weight excluding hydrogens is 338 g/mol. The quantitative estimate of drug-likeness (QED) is 0.724. The van der Waals surface area contributed by atoms with E-state index in [2.05, 4.69) is 54.3 Å². The fourth-order valence-corrected chi connectivity index (χ4v) is 3.95. The lowest BCUT2D eigenvalue weighted by atomic mass is 10.0. The molecule has 2 aromatic heterocycles. The summed E-state index contributed by atoms with van der Waals surface area (Å²) in [5.74, 6) is -0.0792. The number of aryl methyl sites for hydroxylation is 3. The lowest BCUT2D eigenvalue weighted by molar-refractivity contribution is -0.115. The zero-order valence-electron chi connectivity index (χ0n) is 13.9. The zero-order chi connectivity index (χ0) is 17.1. The minimum Gasteiger partial charge on any atom is -0.302 e. The highest BCUT2D eigenvalue weighted by Gasteiger charge is 2.11. The van der Waals surface area contributed by atoms with Gasteiger partial charge in [0.15, 0.2) is 5.13 Å². The average Bonchev–Trinajstić information content (AvgIpc) is 3.16. The topological polar surface area (TPSA) is 54.9 Å². The van der Waals surface area contributed by atoms with Crippen molar-refractivity contribution in [3.63, 3.8) is 0 Å². The second-order valence-electron chi connectivity index (χ2n) is 5.67. The van der Waals surface area contributed by atoms with Gasteiger partial charge in [-0.2, -0.15) is 0 Å². The Morgan fingerprint density at radius 1 is 1.17 bits per heavy atom. The van der Waals surface area contributed by atoms with Gasteiger partial charge in [-0.05, 0) is 25.8 Å². The molecule has 0 aliphatic carbocycles. The molecule has 0 radical (unpaired) electrons. The van der Waals surface area contributed by atoms with Crippen molar-refractivity contribution in [3.8, 4) is 11.3 Å². The SMILES string of the molecule is CCc1nc(CC(=O)Nc2nc(-c3ccc(C)cc3C)cs2)cs1. The van der Waals surface area contributed by atoms with E-state index < -0.39 is 0 Å². The van der Waals surface area contributed by atoms with Crippen LogP contribution in [0.25, 0.3) is 11.3 Å². The summed E-state index contributed by atoms with van der Waals surface area (Å²) in [6.45, 7) is 6.21. The number of carbonyl (C=O) groups excluding carboxylic acids is 1. The van der Waals surface area contributed by atoms with Crippen molar-refractivity contribution in [1.29, 1.82) is 0 Å². The first kappa shape index (κ1) is 16.8. The molecule has 2 heterocycles. The number of hydrogen-bond donors (Lipinski definition) is 1. The summed E-state index contributed by atoms with van der Waals surface area (Å²) < 4.78 is 0. The molecule has 0 fully saturated rings. The van der Waals surface area contributed by atoms with E-state index in [0.717, 1.165) is 28.4 Å². The van der Waals surface area contributed by atoms with Crippen molar-refractivity contribution >= 4 is 33.7 Å². The van der Waals surface area contributed by atoms with Crippen molar-refractivity contribution in [2.45, 2.75) is 33.6 Å². The summed E-state index contributed by atoms with van der Waals surface area (Å²) in [6, 6.07) is 6.29. The molecule has 0 bridgehead atoms. The molecule has 0 spiro atoms. The largest absolute Gasteiger partial charge is 0.302 e. The smallest absolute Gasteiger partial charge is 0.232 e. The van der Waals surface area contributed by atoms with E-state index in [1.54, 1.807) is 11.3 Å². The van der Waals surface area contributed by atoms with Crippen LogP contribution in [0.2, 0.25) is 0 Å². The number of thiazole rings is 2. The van der Waals surface area contributed by atoms with Crippen LogP contribution in [0.5, 0.6) is 0 Å². The molecule has 4 nitrogen and oxygen atoms in total. The second kappa shape index (κ2) is 7.23. The number of benzene rings is 1. The highest BCUT2D eigenvalue weighted by Crippen LogP contribution is 2.28. The van der Waals surface area contributed by atoms with Gasteiger partial charge in [0.25, 0.3) is 0 Å². The van der Waals surface area contributed by atoms with Crippen LogP contribution in [0, 0.1) is 13.8 Å². The van der Waals surface area contributed by atoms with E-state index in [0.29, 0.717) is 5.13 Å². The Morgan fingerprint density at radius 2 is 2.00 bits per heavy atom. The minimum atomic E-state index is -0.0792. The van der Waals surface area contributed by atoms with Gasteiger partial charge in [-0.3, -0.25) is 4.79 Å². The molecule has 1 N–H and O–H groups in total. The van der Waals surface area contributed by atoms with Crippen LogP contribution in [-0.4, -0.2) is 15.9 Å². The molecule has 0 unspecified atom stereocenters. The summed E-state index contributed by atoms with van der Waals surface area (Å²) >= 11 is 3.04. The van der Waals surface area contributed by atoms with Crippen LogP contribution in [0.1, 0.15) is 28.8 Å². The van der Waals surface area contributed by atoms with Crippen molar-refractivity contribution in [3.05, 3.63) is 50.8 Å². The number of aromatic nitrogens is 2. The number of anilines is 1. The van der Waals surface area contributed by atoms with Crippen molar-refractivity contribution in [2.24, 2.45) is 0 Å². The third-order valence-electron chi connectivity index (χ3n) is 3.65. The lowest BCUT2D eigenvalue weighted by Gasteiger charge is -2.03. The lowest BCUT2D eigenvalue weighted by Crippen LogP contribution is -2.14. The zero-order valence-corrected chi connectivity index (χ0v) is 15.6. The van der Waals surface area contributed by atoms with Gasteiger partial charge in [0.2, 0.25) is 5.91 Å². The van der Waals surface area contributed by atoms with Crippen LogP contribution in [0.3, 0.4) is 0 Å². The van der Waals surface area contributed by atoms with Gasteiger partial charge in [0.05, 0.1) is 22.8 Å². The van der Waals surface area contributed by atoms with Crippen molar-refractivity contribution < 1.29 is 4.79 Å². The average molecular weight is 358 g/mol. The Hall–Kier alpha value is -2.05. The van der Waals surface area contributed by atoms with Gasteiger partial charge in [-0.1, -0.05) is 30.7 Å². The van der Waals surface area contributed by atoms with Gasteiger partial charge >= 0.3 is 0 Å². The Balaban J connectivity index is 1.68. The molecule has 0 atom stereocenters. The predicted molar refractivity (Wildman–Crippen MR) is 101 cm³/mol. The van der Waals surface area contributed by atoms with E-state index in [4.69, 9.17) is 0 Å². The number of hydrogen-bond acceptors (Lipinski definition) is 5. The number of nitrogens with one attached hydrogen (secondary N) is 1. The first-order chi connectivity index (χ1) is 11.5. The normalized spacial score (nSPS) is 10.8. The fraction of sp³-hybridized carbons (Fsp3) is 0.278. The monoisotopic (exact) mass is 357 g/mol. The molecule has 6 heteroatoms. The third kappa shape index (κ3) is 3.88. The van der Waals surface area contributed by atoms with Gasteiger partial charge < -0.3 is 5.32 Å². The van der Waals surface area contributed by atoms with E-state index in [9.17, 15) is 4.79 Å². The molecule has 0 saturated carbocycles. The maximum absolute atomic E-state index is 12.2. The Morgan fingerprint density at radius 3 is 2.71 bits per heavy atom. The molecule has 3 rings (SSSR count). The number of amides is 1. The number of rotatable bonds is 5. The van der Waals surface area contributed by atoms with Crippen molar-refractivity contribution in [1.82, 2.24) is 9.97 Å². The van der Waals surface area contributed by atoms with Gasteiger partial charge in [-0.25, -0.2) is 9.97 Å². The van der Waals surface area contributed by atoms with Crippen LogP contribution >= 0.6 is 22.7 Å². The summed E-state index contributed by atoms with van der Waals surface area (Å²) in [4.78, 5) is 21.1. The molecule has 1 amide bonds. The van der Waals surface area contributed by atoms with E-state index in [1.165, 1.54) is 22.5 Å². The fourth-order valence-electron chi connectivity index (χ4n) is 2.48. The van der Waals surface area contributed by atoms with Gasteiger partial charge in [-0.15, -0.1) is 22.7 Å². The van der Waals surface area contributed by atoms with Crippen LogP contribution in [0.4, 0.5) is 5.13 Å². The number of nitrogens with zero attached hydrogens (tertiary/aromatic N) is 2. The summed E-state index contributed by atoms with van der Waals surface area (Å²) in [7, 11) is 0. The van der Waals surface area contributed by atoms with Gasteiger partial charge in [0.1, 0.15) is 0 Å². The van der Waals surface area contributed by atoms with Crippen LogP contribution < -0.4 is 5.32 Å². The maximum Gasteiger partial charge on any atom is 0.232 e. The summed E-state index contributed by atoms with van der Waals surface area (Å²) in [5.41, 5.74) is 5.24.